The van der Waals surface area contributed by atoms with Gasteiger partial charge in [-0.05, 0) is 83.5 Å². The molecule has 0 rings (SSSR count). The lowest BCUT2D eigenvalue weighted by atomic mass is 10.0. The molecule has 0 fully saturated rings. The SMILES string of the molecule is CC/C=C\C/C=C\C/C=C\C/C=C\CCCCCCC(=O)OCC(COCCCCCCCCCCCCCCCC)OC(=O)CCCCCCC/C=C\CCCCCC. The van der Waals surface area contributed by atoms with Crippen molar-refractivity contribution in [2.24, 2.45) is 0 Å². The van der Waals surface area contributed by atoms with Crippen molar-refractivity contribution in [2.45, 2.75) is 258 Å². The van der Waals surface area contributed by atoms with E-state index in [9.17, 15) is 9.59 Å². The lowest BCUT2D eigenvalue weighted by molar-refractivity contribution is -0.163. The molecule has 348 valence electrons. The Morgan fingerprint density at radius 3 is 1.23 bits per heavy atom. The number of hydrogen-bond donors (Lipinski definition) is 0. The van der Waals surface area contributed by atoms with E-state index in [1.54, 1.807) is 0 Å². The molecule has 0 N–H and O–H groups in total. The van der Waals surface area contributed by atoms with Crippen LogP contribution in [0.5, 0.6) is 0 Å². The van der Waals surface area contributed by atoms with Crippen LogP contribution in [-0.2, 0) is 23.8 Å². The fraction of sp³-hybridized carbons (Fsp3) is 0.782. The Morgan fingerprint density at radius 1 is 0.383 bits per heavy atom. The molecule has 0 saturated carbocycles. The minimum atomic E-state index is -0.548. The quantitative estimate of drug-likeness (QED) is 0.0347. The largest absolute Gasteiger partial charge is 0.462 e. The number of esters is 2. The zero-order valence-electron chi connectivity index (χ0n) is 40.0. The van der Waals surface area contributed by atoms with E-state index in [1.165, 1.54) is 122 Å². The topological polar surface area (TPSA) is 61.8 Å². The van der Waals surface area contributed by atoms with E-state index in [4.69, 9.17) is 14.2 Å². The Bertz CT molecular complexity index is 1040. The average Bonchev–Trinajstić information content (AvgIpc) is 3.25. The highest BCUT2D eigenvalue weighted by Gasteiger charge is 2.17. The summed E-state index contributed by atoms with van der Waals surface area (Å²) in [5.41, 5.74) is 0. The minimum Gasteiger partial charge on any atom is -0.462 e. The van der Waals surface area contributed by atoms with Crippen molar-refractivity contribution in [1.29, 1.82) is 0 Å². The smallest absolute Gasteiger partial charge is 0.306 e. The van der Waals surface area contributed by atoms with Crippen LogP contribution in [0.4, 0.5) is 0 Å². The van der Waals surface area contributed by atoms with Crippen molar-refractivity contribution in [3.05, 3.63) is 60.8 Å². The molecule has 0 aromatic carbocycles. The van der Waals surface area contributed by atoms with E-state index in [-0.39, 0.29) is 25.2 Å². The van der Waals surface area contributed by atoms with Gasteiger partial charge in [-0.2, -0.15) is 0 Å². The molecule has 0 aliphatic rings. The number of ether oxygens (including phenoxy) is 3. The standard InChI is InChI=1S/C55H98O5/c1-4-7-10-13-16-19-22-25-27-28-29-31-33-36-39-42-45-48-54(56)59-52-53(51-58-50-47-44-41-38-35-32-26-23-20-17-14-11-8-5-2)60-55(57)49-46-43-40-37-34-30-24-21-18-15-12-9-6-3/h7,10,16,19,21,24-25,27,29,31,53H,4-6,8-9,11-15,17-18,20,22-23,26,28,30,32-52H2,1-3H3/b10-7-,19-16-,24-21-,27-25-,31-29-. The molecular formula is C55H98O5. The summed E-state index contributed by atoms with van der Waals surface area (Å²) in [5, 5.41) is 0. The van der Waals surface area contributed by atoms with Crippen molar-refractivity contribution in [1.82, 2.24) is 0 Å². The van der Waals surface area contributed by atoms with Crippen LogP contribution in [0.15, 0.2) is 60.8 Å². The van der Waals surface area contributed by atoms with Crippen LogP contribution in [0.1, 0.15) is 252 Å². The van der Waals surface area contributed by atoms with Gasteiger partial charge in [0.05, 0.1) is 6.61 Å². The first-order valence-electron chi connectivity index (χ1n) is 25.8. The van der Waals surface area contributed by atoms with Crippen LogP contribution >= 0.6 is 0 Å². The van der Waals surface area contributed by atoms with Gasteiger partial charge in [0.2, 0.25) is 0 Å². The van der Waals surface area contributed by atoms with Gasteiger partial charge in [-0.25, -0.2) is 0 Å². The first kappa shape index (κ1) is 57.6. The minimum absolute atomic E-state index is 0.0707. The molecule has 0 aliphatic heterocycles. The third-order valence-corrected chi connectivity index (χ3v) is 11.0. The summed E-state index contributed by atoms with van der Waals surface area (Å²) in [6.45, 7) is 7.69. The second-order valence-corrected chi connectivity index (χ2v) is 17.0. The van der Waals surface area contributed by atoms with Gasteiger partial charge >= 0.3 is 11.9 Å². The monoisotopic (exact) mass is 839 g/mol. The Morgan fingerprint density at radius 2 is 0.750 bits per heavy atom. The van der Waals surface area contributed by atoms with Crippen LogP contribution in [-0.4, -0.2) is 37.9 Å². The maximum Gasteiger partial charge on any atom is 0.306 e. The van der Waals surface area contributed by atoms with Gasteiger partial charge in [0.15, 0.2) is 6.10 Å². The summed E-state index contributed by atoms with van der Waals surface area (Å²) in [6.07, 6.45) is 63.6. The van der Waals surface area contributed by atoms with E-state index in [0.717, 1.165) is 96.3 Å². The Kier molecular flexibility index (Phi) is 48.9. The second-order valence-electron chi connectivity index (χ2n) is 17.0. The number of rotatable bonds is 47. The van der Waals surface area contributed by atoms with Gasteiger partial charge in [-0.3, -0.25) is 9.59 Å². The van der Waals surface area contributed by atoms with Gasteiger partial charge in [-0.1, -0.05) is 216 Å². The second kappa shape index (κ2) is 51.0. The Labute approximate surface area is 373 Å². The summed E-state index contributed by atoms with van der Waals surface area (Å²) in [6, 6.07) is 0. The molecular weight excluding hydrogens is 741 g/mol. The molecule has 1 unspecified atom stereocenters. The van der Waals surface area contributed by atoms with E-state index >= 15 is 0 Å². The van der Waals surface area contributed by atoms with Crippen molar-refractivity contribution in [2.75, 3.05) is 19.8 Å². The van der Waals surface area contributed by atoms with E-state index in [0.29, 0.717) is 19.4 Å². The fourth-order valence-electron chi connectivity index (χ4n) is 7.20. The van der Waals surface area contributed by atoms with E-state index in [1.807, 2.05) is 0 Å². The molecule has 1 atom stereocenters. The van der Waals surface area contributed by atoms with E-state index < -0.39 is 6.10 Å². The molecule has 0 heterocycles. The lowest BCUT2D eigenvalue weighted by Gasteiger charge is -2.18. The molecule has 0 aromatic rings. The van der Waals surface area contributed by atoms with Crippen LogP contribution in [0, 0.1) is 0 Å². The van der Waals surface area contributed by atoms with Crippen LogP contribution in [0.2, 0.25) is 0 Å². The number of carbonyl (C=O) groups excluding carboxylic acids is 2. The van der Waals surface area contributed by atoms with Crippen molar-refractivity contribution in [3.8, 4) is 0 Å². The normalized spacial score (nSPS) is 12.7. The Hall–Kier alpha value is -2.40. The van der Waals surface area contributed by atoms with Crippen molar-refractivity contribution < 1.29 is 23.8 Å². The third-order valence-electron chi connectivity index (χ3n) is 11.0. The van der Waals surface area contributed by atoms with Crippen LogP contribution < -0.4 is 0 Å². The zero-order chi connectivity index (χ0) is 43.5. The molecule has 0 saturated heterocycles. The third kappa shape index (κ3) is 48.3. The molecule has 5 nitrogen and oxygen atoms in total. The van der Waals surface area contributed by atoms with Gasteiger partial charge in [0.1, 0.15) is 6.61 Å². The molecule has 0 aliphatic carbocycles. The summed E-state index contributed by atoms with van der Waals surface area (Å²) >= 11 is 0. The highest BCUT2D eigenvalue weighted by Crippen LogP contribution is 2.14. The van der Waals surface area contributed by atoms with Crippen molar-refractivity contribution >= 4 is 11.9 Å². The molecule has 60 heavy (non-hydrogen) atoms. The van der Waals surface area contributed by atoms with Crippen LogP contribution in [0.3, 0.4) is 0 Å². The maximum absolute atomic E-state index is 12.8. The molecule has 0 amide bonds. The van der Waals surface area contributed by atoms with Gasteiger partial charge in [0.25, 0.3) is 0 Å². The molecule has 0 bridgehead atoms. The molecule has 0 aromatic heterocycles. The van der Waals surface area contributed by atoms with Gasteiger partial charge < -0.3 is 14.2 Å². The number of unbranched alkanes of at least 4 members (excludes halogenated alkanes) is 26. The van der Waals surface area contributed by atoms with Crippen molar-refractivity contribution in [3.63, 3.8) is 0 Å². The number of carbonyl (C=O) groups is 2. The predicted molar refractivity (Wildman–Crippen MR) is 261 cm³/mol. The number of hydrogen-bond acceptors (Lipinski definition) is 5. The first-order valence-corrected chi connectivity index (χ1v) is 25.8. The van der Waals surface area contributed by atoms with Gasteiger partial charge in [-0.15, -0.1) is 0 Å². The summed E-state index contributed by atoms with van der Waals surface area (Å²) < 4.78 is 17.4. The fourth-order valence-corrected chi connectivity index (χ4v) is 7.20. The highest BCUT2D eigenvalue weighted by molar-refractivity contribution is 5.70. The average molecular weight is 839 g/mol. The molecule has 0 radical (unpaired) electrons. The summed E-state index contributed by atoms with van der Waals surface area (Å²) in [4.78, 5) is 25.4. The maximum atomic E-state index is 12.8. The zero-order valence-corrected chi connectivity index (χ0v) is 40.0. The van der Waals surface area contributed by atoms with E-state index in [2.05, 4.69) is 81.5 Å². The predicted octanol–water partition coefficient (Wildman–Crippen LogP) is 17.3. The summed E-state index contributed by atoms with van der Waals surface area (Å²) in [5.74, 6) is -0.427. The number of allylic oxidation sites excluding steroid dienone is 10. The molecule has 0 spiro atoms. The Balaban J connectivity index is 4.30. The lowest BCUT2D eigenvalue weighted by Crippen LogP contribution is -2.30. The van der Waals surface area contributed by atoms with Gasteiger partial charge in [0, 0.05) is 19.4 Å². The first-order chi connectivity index (χ1) is 29.6. The molecule has 5 heteroatoms. The summed E-state index contributed by atoms with van der Waals surface area (Å²) in [7, 11) is 0. The highest BCUT2D eigenvalue weighted by atomic mass is 16.6. The van der Waals surface area contributed by atoms with Crippen LogP contribution in [0.25, 0.3) is 0 Å².